The van der Waals surface area contributed by atoms with Gasteiger partial charge in [-0.05, 0) is 24.3 Å². The van der Waals surface area contributed by atoms with Crippen molar-refractivity contribution >= 4 is 0 Å². The average Bonchev–Trinajstić information content (AvgIpc) is 2.83. The first-order valence-corrected chi connectivity index (χ1v) is 5.62. The van der Waals surface area contributed by atoms with Gasteiger partial charge >= 0.3 is 0 Å². The van der Waals surface area contributed by atoms with Gasteiger partial charge in [0.2, 0.25) is 0 Å². The van der Waals surface area contributed by atoms with Gasteiger partial charge in [-0.2, -0.15) is 0 Å². The van der Waals surface area contributed by atoms with Crippen molar-refractivity contribution in [1.82, 2.24) is 14.8 Å². The molecular weight excluding hydrogens is 226 g/mol. The van der Waals surface area contributed by atoms with Crippen molar-refractivity contribution in [3.63, 3.8) is 0 Å². The van der Waals surface area contributed by atoms with Crippen LogP contribution in [0, 0.1) is 0 Å². The van der Waals surface area contributed by atoms with E-state index in [2.05, 4.69) is 10.1 Å². The number of nitrogens with one attached hydrogen (secondary N) is 1. The van der Waals surface area contributed by atoms with Crippen molar-refractivity contribution in [3.05, 3.63) is 71.3 Å². The summed E-state index contributed by atoms with van der Waals surface area (Å²) >= 11 is 0. The Bertz CT molecular complexity index is 699. The molecule has 0 saturated carbocycles. The number of aromatic nitrogens is 3. The van der Waals surface area contributed by atoms with Gasteiger partial charge in [-0.1, -0.05) is 18.2 Å². The van der Waals surface area contributed by atoms with Gasteiger partial charge < -0.3 is 0 Å². The van der Waals surface area contributed by atoms with E-state index >= 15 is 0 Å². The lowest BCUT2D eigenvalue weighted by atomic mass is 10.2. The van der Waals surface area contributed by atoms with Crippen LogP contribution in [0.5, 0.6) is 0 Å². The molecule has 0 saturated heterocycles. The van der Waals surface area contributed by atoms with E-state index in [1.54, 1.807) is 18.5 Å². The average molecular weight is 237 g/mol. The summed E-state index contributed by atoms with van der Waals surface area (Å²) in [5, 5.41) is 3.09. The highest BCUT2D eigenvalue weighted by Gasteiger charge is 2.05. The minimum Gasteiger partial charge on any atom is -0.290 e. The van der Waals surface area contributed by atoms with Crippen LogP contribution >= 0.6 is 0 Å². The summed E-state index contributed by atoms with van der Waals surface area (Å²) in [5.41, 5.74) is 2.47. The monoisotopic (exact) mass is 237 g/mol. The van der Waals surface area contributed by atoms with Crippen LogP contribution in [0.3, 0.4) is 0 Å². The zero-order chi connectivity index (χ0) is 12.4. The molecule has 0 aliphatic rings. The number of para-hydroxylation sites is 1. The first kappa shape index (κ1) is 10.5. The number of hydrogen-bond acceptors (Lipinski definition) is 2. The van der Waals surface area contributed by atoms with E-state index in [0.29, 0.717) is 0 Å². The predicted octanol–water partition coefficient (Wildman–Crippen LogP) is 2.23. The van der Waals surface area contributed by atoms with E-state index in [1.807, 2.05) is 42.5 Å². The van der Waals surface area contributed by atoms with Crippen LogP contribution in [0.1, 0.15) is 0 Å². The largest absolute Gasteiger partial charge is 0.290 e. The second kappa shape index (κ2) is 4.33. The first-order chi connectivity index (χ1) is 8.84. The van der Waals surface area contributed by atoms with Gasteiger partial charge in [-0.3, -0.25) is 14.9 Å². The molecule has 0 fully saturated rings. The molecule has 3 aromatic rings. The van der Waals surface area contributed by atoms with Crippen LogP contribution < -0.4 is 5.56 Å². The number of pyridine rings is 1. The van der Waals surface area contributed by atoms with Crippen molar-refractivity contribution in [3.8, 4) is 16.9 Å². The molecule has 0 aliphatic heterocycles. The molecule has 18 heavy (non-hydrogen) atoms. The summed E-state index contributed by atoms with van der Waals surface area (Å²) < 4.78 is 1.52. The summed E-state index contributed by atoms with van der Waals surface area (Å²) in [6.45, 7) is 0. The first-order valence-electron chi connectivity index (χ1n) is 5.62. The van der Waals surface area contributed by atoms with Crippen LogP contribution in [0.25, 0.3) is 16.9 Å². The maximum Gasteiger partial charge on any atom is 0.271 e. The van der Waals surface area contributed by atoms with Gasteiger partial charge in [0.1, 0.15) is 0 Å². The Kier molecular flexibility index (Phi) is 2.53. The summed E-state index contributed by atoms with van der Waals surface area (Å²) in [5.74, 6) is 0. The SMILES string of the molecule is O=c1cc(-c2ccncc2)[nH]n1-c1ccccc1. The van der Waals surface area contributed by atoms with Gasteiger partial charge in [0, 0.05) is 24.0 Å². The second-order valence-corrected chi connectivity index (χ2v) is 3.91. The lowest BCUT2D eigenvalue weighted by molar-refractivity contribution is 0.852. The van der Waals surface area contributed by atoms with Crippen LogP contribution in [0.2, 0.25) is 0 Å². The lowest BCUT2D eigenvalue weighted by Gasteiger charge is -2.01. The number of aromatic amines is 1. The van der Waals surface area contributed by atoms with Gasteiger partial charge in [0.15, 0.2) is 0 Å². The maximum absolute atomic E-state index is 11.9. The van der Waals surface area contributed by atoms with Crippen LogP contribution in [-0.2, 0) is 0 Å². The fourth-order valence-corrected chi connectivity index (χ4v) is 1.84. The zero-order valence-corrected chi connectivity index (χ0v) is 9.58. The molecule has 2 heterocycles. The third kappa shape index (κ3) is 1.84. The van der Waals surface area contributed by atoms with Crippen molar-refractivity contribution in [1.29, 1.82) is 0 Å². The Morgan fingerprint density at radius 1 is 1.00 bits per heavy atom. The summed E-state index contributed by atoms with van der Waals surface area (Å²) in [6.07, 6.45) is 3.40. The number of H-pyrrole nitrogens is 1. The smallest absolute Gasteiger partial charge is 0.271 e. The van der Waals surface area contributed by atoms with Gasteiger partial charge in [-0.25, -0.2) is 4.68 Å². The Morgan fingerprint density at radius 2 is 1.72 bits per heavy atom. The Morgan fingerprint density at radius 3 is 2.44 bits per heavy atom. The molecule has 0 radical (unpaired) electrons. The summed E-state index contributed by atoms with van der Waals surface area (Å²) in [4.78, 5) is 15.9. The van der Waals surface area contributed by atoms with Crippen molar-refractivity contribution in [2.24, 2.45) is 0 Å². The van der Waals surface area contributed by atoms with Crippen LogP contribution in [0.4, 0.5) is 0 Å². The molecule has 1 N–H and O–H groups in total. The lowest BCUT2D eigenvalue weighted by Crippen LogP contribution is -2.12. The highest BCUT2D eigenvalue weighted by Crippen LogP contribution is 2.14. The molecule has 1 aromatic carbocycles. The van der Waals surface area contributed by atoms with E-state index in [4.69, 9.17) is 0 Å². The molecule has 4 nitrogen and oxygen atoms in total. The van der Waals surface area contributed by atoms with E-state index in [-0.39, 0.29) is 5.56 Å². The normalized spacial score (nSPS) is 10.4. The highest BCUT2D eigenvalue weighted by molar-refractivity contribution is 5.57. The molecule has 0 amide bonds. The number of rotatable bonds is 2. The van der Waals surface area contributed by atoms with E-state index in [9.17, 15) is 4.79 Å². The zero-order valence-electron chi connectivity index (χ0n) is 9.58. The number of nitrogens with zero attached hydrogens (tertiary/aromatic N) is 2. The topological polar surface area (TPSA) is 50.7 Å². The van der Waals surface area contributed by atoms with Crippen molar-refractivity contribution in [2.75, 3.05) is 0 Å². The van der Waals surface area contributed by atoms with Crippen LogP contribution in [0.15, 0.2) is 65.7 Å². The Labute approximate surface area is 104 Å². The predicted molar refractivity (Wildman–Crippen MR) is 69.6 cm³/mol. The van der Waals surface area contributed by atoms with Crippen LogP contribution in [-0.4, -0.2) is 14.8 Å². The second-order valence-electron chi connectivity index (χ2n) is 3.91. The number of hydrogen-bond donors (Lipinski definition) is 1. The van der Waals surface area contributed by atoms with E-state index < -0.39 is 0 Å². The maximum atomic E-state index is 11.9. The van der Waals surface area contributed by atoms with Gasteiger partial charge in [-0.15, -0.1) is 0 Å². The van der Waals surface area contributed by atoms with Gasteiger partial charge in [0.25, 0.3) is 5.56 Å². The van der Waals surface area contributed by atoms with Crippen molar-refractivity contribution in [2.45, 2.75) is 0 Å². The molecule has 0 unspecified atom stereocenters. The summed E-state index contributed by atoms with van der Waals surface area (Å²) in [7, 11) is 0. The standard InChI is InChI=1S/C14H11N3O/c18-14-10-13(11-6-8-15-9-7-11)16-17(14)12-4-2-1-3-5-12/h1-10,16H. The minimum absolute atomic E-state index is 0.0759. The highest BCUT2D eigenvalue weighted by atomic mass is 16.1. The fourth-order valence-electron chi connectivity index (χ4n) is 1.84. The molecule has 88 valence electrons. The summed E-state index contributed by atoms with van der Waals surface area (Å²) in [6, 6.07) is 14.8. The molecule has 0 bridgehead atoms. The van der Waals surface area contributed by atoms with E-state index in [1.165, 1.54) is 4.68 Å². The Hall–Kier alpha value is -2.62. The quantitative estimate of drug-likeness (QED) is 0.743. The Balaban J connectivity index is 2.10. The van der Waals surface area contributed by atoms with Crippen molar-refractivity contribution < 1.29 is 0 Å². The molecule has 0 spiro atoms. The molecular formula is C14H11N3O. The van der Waals surface area contributed by atoms with E-state index in [0.717, 1.165) is 16.9 Å². The third-order valence-electron chi connectivity index (χ3n) is 2.73. The third-order valence-corrected chi connectivity index (χ3v) is 2.73. The van der Waals surface area contributed by atoms with Gasteiger partial charge in [0.05, 0.1) is 11.4 Å². The fraction of sp³-hybridized carbons (Fsp3) is 0. The number of benzene rings is 1. The molecule has 0 aliphatic carbocycles. The molecule has 3 rings (SSSR count). The minimum atomic E-state index is -0.0759. The molecule has 0 atom stereocenters. The molecule has 2 aromatic heterocycles. The molecule has 4 heteroatoms.